The van der Waals surface area contributed by atoms with Gasteiger partial charge in [0.2, 0.25) is 5.43 Å². The molecule has 0 saturated heterocycles. The predicted molar refractivity (Wildman–Crippen MR) is 85.8 cm³/mol. The molecule has 2 heteroatoms. The van der Waals surface area contributed by atoms with Crippen LogP contribution in [0, 0.1) is 0 Å². The van der Waals surface area contributed by atoms with Gasteiger partial charge in [0.05, 0.1) is 10.8 Å². The topological polar surface area (TPSA) is 30.2 Å². The van der Waals surface area contributed by atoms with E-state index in [9.17, 15) is 4.79 Å². The SMILES string of the molecule is O=c1c2ccccc2oc2c(C3CCCCC3)cccc12. The minimum Gasteiger partial charge on any atom is -0.456 e. The highest BCUT2D eigenvalue weighted by atomic mass is 16.3. The molecule has 21 heavy (non-hydrogen) atoms. The van der Waals surface area contributed by atoms with E-state index in [1.807, 2.05) is 36.4 Å². The molecule has 0 N–H and O–H groups in total. The molecule has 106 valence electrons. The van der Waals surface area contributed by atoms with Gasteiger partial charge in [0.15, 0.2) is 0 Å². The molecule has 2 aromatic carbocycles. The van der Waals surface area contributed by atoms with Crippen LogP contribution in [0.3, 0.4) is 0 Å². The van der Waals surface area contributed by atoms with Crippen LogP contribution in [-0.2, 0) is 0 Å². The van der Waals surface area contributed by atoms with Crippen LogP contribution >= 0.6 is 0 Å². The molecule has 1 fully saturated rings. The van der Waals surface area contributed by atoms with Gasteiger partial charge in [-0.2, -0.15) is 0 Å². The predicted octanol–water partition coefficient (Wildman–Crippen LogP) is 4.99. The minimum atomic E-state index is 0.0875. The van der Waals surface area contributed by atoms with Gasteiger partial charge in [0.25, 0.3) is 0 Å². The Morgan fingerprint density at radius 1 is 0.857 bits per heavy atom. The van der Waals surface area contributed by atoms with Crippen LogP contribution in [0.15, 0.2) is 51.7 Å². The van der Waals surface area contributed by atoms with E-state index in [0.717, 1.165) is 11.0 Å². The quantitative estimate of drug-likeness (QED) is 0.587. The summed E-state index contributed by atoms with van der Waals surface area (Å²) in [6, 6.07) is 13.5. The maximum atomic E-state index is 12.7. The average molecular weight is 278 g/mol. The molecule has 1 aromatic heterocycles. The summed E-state index contributed by atoms with van der Waals surface area (Å²) in [5.74, 6) is 0.534. The highest BCUT2D eigenvalue weighted by Crippen LogP contribution is 2.36. The normalized spacial score (nSPS) is 16.6. The molecule has 0 spiro atoms. The summed E-state index contributed by atoms with van der Waals surface area (Å²) < 4.78 is 6.11. The third kappa shape index (κ3) is 2.06. The van der Waals surface area contributed by atoms with Crippen molar-refractivity contribution in [2.75, 3.05) is 0 Å². The van der Waals surface area contributed by atoms with E-state index in [1.54, 1.807) is 0 Å². The first kappa shape index (κ1) is 12.6. The highest BCUT2D eigenvalue weighted by molar-refractivity contribution is 5.91. The first-order chi connectivity index (χ1) is 10.3. The van der Waals surface area contributed by atoms with Crippen molar-refractivity contribution in [2.45, 2.75) is 38.0 Å². The number of fused-ring (bicyclic) bond motifs is 2. The van der Waals surface area contributed by atoms with Crippen LogP contribution in [0.1, 0.15) is 43.6 Å². The maximum Gasteiger partial charge on any atom is 0.200 e. The summed E-state index contributed by atoms with van der Waals surface area (Å²) in [7, 11) is 0. The summed E-state index contributed by atoms with van der Waals surface area (Å²) in [5.41, 5.74) is 2.80. The van der Waals surface area contributed by atoms with Crippen molar-refractivity contribution in [3.05, 3.63) is 58.3 Å². The Kier molecular flexibility index (Phi) is 3.03. The summed E-state index contributed by atoms with van der Waals surface area (Å²) in [6.07, 6.45) is 6.29. The molecule has 1 saturated carbocycles. The third-order valence-electron chi connectivity index (χ3n) is 4.68. The van der Waals surface area contributed by atoms with Crippen molar-refractivity contribution < 1.29 is 4.42 Å². The van der Waals surface area contributed by atoms with Gasteiger partial charge in [0.1, 0.15) is 11.2 Å². The number of benzene rings is 2. The van der Waals surface area contributed by atoms with Crippen LogP contribution < -0.4 is 5.43 Å². The van der Waals surface area contributed by atoms with Gasteiger partial charge < -0.3 is 4.42 Å². The summed E-state index contributed by atoms with van der Waals surface area (Å²) >= 11 is 0. The fourth-order valence-corrected chi connectivity index (χ4v) is 3.58. The fraction of sp³-hybridized carbons (Fsp3) is 0.316. The lowest BCUT2D eigenvalue weighted by atomic mass is 9.83. The van der Waals surface area contributed by atoms with Crippen LogP contribution in [0.2, 0.25) is 0 Å². The van der Waals surface area contributed by atoms with E-state index in [4.69, 9.17) is 4.42 Å². The Labute approximate surface area is 123 Å². The first-order valence-corrected chi connectivity index (χ1v) is 7.79. The molecule has 4 rings (SSSR count). The average Bonchev–Trinajstić information content (AvgIpc) is 2.56. The fourth-order valence-electron chi connectivity index (χ4n) is 3.58. The van der Waals surface area contributed by atoms with E-state index in [0.29, 0.717) is 16.9 Å². The van der Waals surface area contributed by atoms with Gasteiger partial charge in [-0.1, -0.05) is 43.5 Å². The zero-order valence-corrected chi connectivity index (χ0v) is 12.0. The molecule has 3 aromatic rings. The number of para-hydroxylation sites is 2. The lowest BCUT2D eigenvalue weighted by Gasteiger charge is -2.22. The van der Waals surface area contributed by atoms with Gasteiger partial charge in [-0.25, -0.2) is 0 Å². The third-order valence-corrected chi connectivity index (χ3v) is 4.68. The second kappa shape index (κ2) is 5.03. The van der Waals surface area contributed by atoms with Crippen LogP contribution in [0.5, 0.6) is 0 Å². The summed E-state index contributed by atoms with van der Waals surface area (Å²) in [5, 5.41) is 1.39. The zero-order chi connectivity index (χ0) is 14.2. The minimum absolute atomic E-state index is 0.0875. The number of rotatable bonds is 1. The van der Waals surface area contributed by atoms with Crippen molar-refractivity contribution in [3.8, 4) is 0 Å². The monoisotopic (exact) mass is 278 g/mol. The molecule has 1 aliphatic rings. The van der Waals surface area contributed by atoms with Crippen molar-refractivity contribution in [2.24, 2.45) is 0 Å². The van der Waals surface area contributed by atoms with Gasteiger partial charge in [-0.15, -0.1) is 0 Å². The van der Waals surface area contributed by atoms with Gasteiger partial charge in [-0.05, 0) is 42.5 Å². The van der Waals surface area contributed by atoms with Crippen LogP contribution in [0.4, 0.5) is 0 Å². The molecule has 1 aliphatic carbocycles. The Balaban J connectivity index is 2.02. The lowest BCUT2D eigenvalue weighted by molar-refractivity contribution is 0.442. The van der Waals surface area contributed by atoms with Gasteiger partial charge in [-0.3, -0.25) is 4.79 Å². The van der Waals surface area contributed by atoms with Gasteiger partial charge in [0, 0.05) is 0 Å². The molecule has 0 aliphatic heterocycles. The largest absolute Gasteiger partial charge is 0.456 e. The highest BCUT2D eigenvalue weighted by Gasteiger charge is 2.20. The standard InChI is InChI=1S/C19H18O2/c20-18-15-9-4-5-12-17(15)21-19-14(10-6-11-16(18)19)13-7-2-1-3-8-13/h4-6,9-13H,1-3,7-8H2. The second-order valence-electron chi connectivity index (χ2n) is 5.99. The van der Waals surface area contributed by atoms with E-state index >= 15 is 0 Å². The molecule has 0 atom stereocenters. The number of hydrogen-bond donors (Lipinski definition) is 0. The van der Waals surface area contributed by atoms with E-state index in [2.05, 4.69) is 6.07 Å². The van der Waals surface area contributed by atoms with E-state index in [1.165, 1.54) is 37.7 Å². The zero-order valence-electron chi connectivity index (χ0n) is 12.0. The second-order valence-corrected chi connectivity index (χ2v) is 5.99. The van der Waals surface area contributed by atoms with Gasteiger partial charge >= 0.3 is 0 Å². The number of hydrogen-bond acceptors (Lipinski definition) is 2. The molecular weight excluding hydrogens is 260 g/mol. The Bertz CT molecular complexity index is 854. The molecule has 0 radical (unpaired) electrons. The molecule has 0 amide bonds. The van der Waals surface area contributed by atoms with Crippen LogP contribution in [-0.4, -0.2) is 0 Å². The molecule has 0 unspecified atom stereocenters. The van der Waals surface area contributed by atoms with E-state index < -0.39 is 0 Å². The lowest BCUT2D eigenvalue weighted by Crippen LogP contribution is -2.08. The Morgan fingerprint density at radius 2 is 1.62 bits per heavy atom. The van der Waals surface area contributed by atoms with Crippen LogP contribution in [0.25, 0.3) is 21.9 Å². The Morgan fingerprint density at radius 3 is 2.48 bits per heavy atom. The van der Waals surface area contributed by atoms with Crippen molar-refractivity contribution in [3.63, 3.8) is 0 Å². The summed E-state index contributed by atoms with van der Waals surface area (Å²) in [6.45, 7) is 0. The smallest absolute Gasteiger partial charge is 0.200 e. The summed E-state index contributed by atoms with van der Waals surface area (Å²) in [4.78, 5) is 12.7. The Hall–Kier alpha value is -2.09. The van der Waals surface area contributed by atoms with Crippen molar-refractivity contribution in [1.82, 2.24) is 0 Å². The van der Waals surface area contributed by atoms with Crippen molar-refractivity contribution in [1.29, 1.82) is 0 Å². The molecule has 2 nitrogen and oxygen atoms in total. The van der Waals surface area contributed by atoms with E-state index in [-0.39, 0.29) is 5.43 Å². The van der Waals surface area contributed by atoms with Crippen molar-refractivity contribution >= 4 is 21.9 Å². The molecular formula is C19H18O2. The molecule has 0 bridgehead atoms. The first-order valence-electron chi connectivity index (χ1n) is 7.79. The maximum absolute atomic E-state index is 12.7. The molecule has 1 heterocycles.